The van der Waals surface area contributed by atoms with Gasteiger partial charge in [-0.05, 0) is 37.7 Å². The van der Waals surface area contributed by atoms with Gasteiger partial charge in [-0.1, -0.05) is 30.3 Å². The molecule has 1 aromatic rings. The van der Waals surface area contributed by atoms with Crippen molar-refractivity contribution in [1.82, 2.24) is 0 Å². The topological polar surface area (TPSA) is 55.5 Å². The third kappa shape index (κ3) is 4.30. The van der Waals surface area contributed by atoms with Crippen molar-refractivity contribution in [1.29, 1.82) is 0 Å². The number of aliphatic hydroxyl groups excluding tert-OH is 1. The number of hydrogen-bond acceptors (Lipinski definition) is 3. The molecular weight excluding hydrogens is 238 g/mol. The molecule has 1 saturated heterocycles. The lowest BCUT2D eigenvalue weighted by Gasteiger charge is -2.26. The zero-order chi connectivity index (χ0) is 13.5. The number of nitrogens with two attached hydrogens (primary N) is 1. The van der Waals surface area contributed by atoms with Crippen molar-refractivity contribution in [2.24, 2.45) is 5.73 Å². The van der Waals surface area contributed by atoms with Gasteiger partial charge in [-0.3, -0.25) is 0 Å². The Morgan fingerprint density at radius 3 is 2.68 bits per heavy atom. The fourth-order valence-corrected chi connectivity index (χ4v) is 2.81. The molecular formula is C16H25NO2. The van der Waals surface area contributed by atoms with Crippen LogP contribution in [-0.2, 0) is 4.74 Å². The van der Waals surface area contributed by atoms with Crippen molar-refractivity contribution < 1.29 is 9.84 Å². The molecule has 3 N–H and O–H groups in total. The van der Waals surface area contributed by atoms with Crippen molar-refractivity contribution in [2.75, 3.05) is 13.2 Å². The Kier molecular flexibility index (Phi) is 5.83. The lowest BCUT2D eigenvalue weighted by atomic mass is 9.89. The van der Waals surface area contributed by atoms with Gasteiger partial charge < -0.3 is 15.6 Å². The second-order valence-corrected chi connectivity index (χ2v) is 5.39. The molecule has 1 fully saturated rings. The van der Waals surface area contributed by atoms with E-state index >= 15 is 0 Å². The molecule has 2 rings (SSSR count). The highest BCUT2D eigenvalue weighted by molar-refractivity contribution is 5.21. The molecule has 0 aromatic heterocycles. The van der Waals surface area contributed by atoms with Crippen LogP contribution in [0, 0.1) is 0 Å². The van der Waals surface area contributed by atoms with Crippen LogP contribution in [0.3, 0.4) is 0 Å². The molecule has 0 saturated carbocycles. The van der Waals surface area contributed by atoms with Crippen LogP contribution in [0.2, 0.25) is 0 Å². The Balaban J connectivity index is 1.84. The van der Waals surface area contributed by atoms with E-state index < -0.39 is 0 Å². The summed E-state index contributed by atoms with van der Waals surface area (Å²) in [5.41, 5.74) is 6.95. The molecule has 1 aliphatic rings. The van der Waals surface area contributed by atoms with Gasteiger partial charge in [0.1, 0.15) is 0 Å². The maximum absolute atomic E-state index is 10.4. The van der Waals surface area contributed by atoms with Crippen molar-refractivity contribution in [3.63, 3.8) is 0 Å². The molecule has 19 heavy (non-hydrogen) atoms. The fraction of sp³-hybridized carbons (Fsp3) is 0.625. The quantitative estimate of drug-likeness (QED) is 0.829. The molecule has 0 radical (unpaired) electrons. The molecule has 0 spiro atoms. The van der Waals surface area contributed by atoms with Crippen molar-refractivity contribution in [2.45, 2.75) is 50.2 Å². The van der Waals surface area contributed by atoms with E-state index in [0.717, 1.165) is 31.4 Å². The maximum atomic E-state index is 10.4. The van der Waals surface area contributed by atoms with E-state index in [2.05, 4.69) is 0 Å². The SMILES string of the molecule is NCC(c1ccccc1)C(O)CCC1CCCCO1. The highest BCUT2D eigenvalue weighted by Gasteiger charge is 2.22. The second kappa shape index (κ2) is 7.63. The Labute approximate surface area is 115 Å². The van der Waals surface area contributed by atoms with E-state index in [1.54, 1.807) is 0 Å². The van der Waals surface area contributed by atoms with Gasteiger partial charge in [0.25, 0.3) is 0 Å². The van der Waals surface area contributed by atoms with Crippen LogP contribution in [0.25, 0.3) is 0 Å². The average Bonchev–Trinajstić information content (AvgIpc) is 2.48. The van der Waals surface area contributed by atoms with E-state index in [0.29, 0.717) is 12.6 Å². The zero-order valence-electron chi connectivity index (χ0n) is 11.5. The molecule has 106 valence electrons. The van der Waals surface area contributed by atoms with E-state index in [1.807, 2.05) is 30.3 Å². The van der Waals surface area contributed by atoms with Crippen molar-refractivity contribution >= 4 is 0 Å². The van der Waals surface area contributed by atoms with Crippen LogP contribution in [0.1, 0.15) is 43.6 Å². The smallest absolute Gasteiger partial charge is 0.0621 e. The Morgan fingerprint density at radius 1 is 1.26 bits per heavy atom. The number of ether oxygens (including phenoxy) is 1. The van der Waals surface area contributed by atoms with Gasteiger partial charge >= 0.3 is 0 Å². The van der Waals surface area contributed by atoms with Gasteiger partial charge in [0.15, 0.2) is 0 Å². The molecule has 3 unspecified atom stereocenters. The summed E-state index contributed by atoms with van der Waals surface area (Å²) in [5.74, 6) is 0.0322. The molecule has 0 aliphatic carbocycles. The highest BCUT2D eigenvalue weighted by atomic mass is 16.5. The minimum atomic E-state index is -0.377. The van der Waals surface area contributed by atoms with Gasteiger partial charge in [-0.2, -0.15) is 0 Å². The predicted molar refractivity (Wildman–Crippen MR) is 77.1 cm³/mol. The van der Waals surface area contributed by atoms with Crippen LogP contribution in [-0.4, -0.2) is 30.5 Å². The third-order valence-corrected chi connectivity index (χ3v) is 4.00. The van der Waals surface area contributed by atoms with Gasteiger partial charge in [-0.15, -0.1) is 0 Å². The van der Waals surface area contributed by atoms with Crippen LogP contribution in [0.15, 0.2) is 30.3 Å². The lowest BCUT2D eigenvalue weighted by Crippen LogP contribution is -2.28. The summed E-state index contributed by atoms with van der Waals surface area (Å²) in [6.45, 7) is 1.36. The molecule has 0 amide bonds. The second-order valence-electron chi connectivity index (χ2n) is 5.39. The first-order valence-corrected chi connectivity index (χ1v) is 7.36. The molecule has 3 heteroatoms. The Hall–Kier alpha value is -0.900. The fourth-order valence-electron chi connectivity index (χ4n) is 2.81. The van der Waals surface area contributed by atoms with Crippen molar-refractivity contribution in [3.05, 3.63) is 35.9 Å². The Morgan fingerprint density at radius 2 is 2.05 bits per heavy atom. The monoisotopic (exact) mass is 263 g/mol. The normalized spacial score (nSPS) is 22.9. The molecule has 1 heterocycles. The molecule has 3 nitrogen and oxygen atoms in total. The number of hydrogen-bond donors (Lipinski definition) is 2. The van der Waals surface area contributed by atoms with Crippen molar-refractivity contribution in [3.8, 4) is 0 Å². The summed E-state index contributed by atoms with van der Waals surface area (Å²) in [7, 11) is 0. The third-order valence-electron chi connectivity index (χ3n) is 4.00. The summed E-state index contributed by atoms with van der Waals surface area (Å²) in [4.78, 5) is 0. The molecule has 3 atom stereocenters. The summed E-state index contributed by atoms with van der Waals surface area (Å²) in [6.07, 6.45) is 5.21. The summed E-state index contributed by atoms with van der Waals surface area (Å²) < 4.78 is 5.71. The number of benzene rings is 1. The minimum Gasteiger partial charge on any atom is -0.392 e. The largest absolute Gasteiger partial charge is 0.392 e. The van der Waals surface area contributed by atoms with Gasteiger partial charge in [-0.25, -0.2) is 0 Å². The van der Waals surface area contributed by atoms with Gasteiger partial charge in [0.2, 0.25) is 0 Å². The van der Waals surface area contributed by atoms with E-state index in [1.165, 1.54) is 12.8 Å². The zero-order valence-corrected chi connectivity index (χ0v) is 11.5. The first-order valence-electron chi connectivity index (χ1n) is 7.36. The van der Waals surface area contributed by atoms with E-state index in [9.17, 15) is 5.11 Å². The lowest BCUT2D eigenvalue weighted by molar-refractivity contribution is 0.000432. The summed E-state index contributed by atoms with van der Waals surface area (Å²) >= 11 is 0. The molecule has 1 aliphatic heterocycles. The average molecular weight is 263 g/mol. The van der Waals surface area contributed by atoms with Gasteiger partial charge in [0.05, 0.1) is 12.2 Å². The highest BCUT2D eigenvalue weighted by Crippen LogP contribution is 2.24. The van der Waals surface area contributed by atoms with Crippen LogP contribution < -0.4 is 5.73 Å². The molecule has 0 bridgehead atoms. The summed E-state index contributed by atoms with van der Waals surface area (Å²) in [6, 6.07) is 10.1. The predicted octanol–water partition coefficient (Wildman–Crippen LogP) is 2.44. The first kappa shape index (κ1) is 14.5. The van der Waals surface area contributed by atoms with Crippen LogP contribution in [0.4, 0.5) is 0 Å². The maximum Gasteiger partial charge on any atom is 0.0621 e. The minimum absolute atomic E-state index is 0.0322. The molecule has 1 aromatic carbocycles. The first-order chi connectivity index (χ1) is 9.31. The Bertz CT molecular complexity index is 349. The number of rotatable bonds is 6. The summed E-state index contributed by atoms with van der Waals surface area (Å²) in [5, 5.41) is 10.4. The number of aliphatic hydroxyl groups is 1. The van der Waals surface area contributed by atoms with Crippen LogP contribution in [0.5, 0.6) is 0 Å². The van der Waals surface area contributed by atoms with Crippen LogP contribution >= 0.6 is 0 Å². The van der Waals surface area contributed by atoms with E-state index in [4.69, 9.17) is 10.5 Å². The van der Waals surface area contributed by atoms with E-state index in [-0.39, 0.29) is 12.0 Å². The standard InChI is InChI=1S/C16H25NO2/c17-12-15(13-6-2-1-3-7-13)16(18)10-9-14-8-4-5-11-19-14/h1-3,6-7,14-16,18H,4-5,8-12,17H2. The van der Waals surface area contributed by atoms with Gasteiger partial charge in [0, 0.05) is 19.1 Å².